The quantitative estimate of drug-likeness (QED) is 0.501. The number of amides is 1. The molecule has 0 bridgehead atoms. The summed E-state index contributed by atoms with van der Waals surface area (Å²) in [6.45, 7) is 2.00. The number of anilines is 1. The first-order chi connectivity index (χ1) is 13.2. The van der Waals surface area contributed by atoms with Crippen LogP contribution in [0.5, 0.6) is 0 Å². The third kappa shape index (κ3) is 4.89. The molecule has 3 aromatic rings. The molecule has 0 aliphatic carbocycles. The molecular weight excluding hydrogens is 360 g/mol. The standard InChI is InChI=1S/C21H18N2O3S/c1-2-26-21(25)17-14-16(15-6-4-3-5-7-15)8-9-18(17)23-19(24)10-11-20-22-12-13-27-20/h3-14H,2H2,1H3,(H,23,24)/b11-10+. The SMILES string of the molecule is CCOC(=O)c1cc(-c2ccccc2)ccc1NC(=O)/C=C/c1nccs1. The van der Waals surface area contributed by atoms with Gasteiger partial charge in [0.1, 0.15) is 5.01 Å². The number of carbonyl (C=O) groups excluding carboxylic acids is 2. The van der Waals surface area contributed by atoms with Crippen LogP contribution in [0.25, 0.3) is 17.2 Å². The number of hydrogen-bond donors (Lipinski definition) is 1. The van der Waals surface area contributed by atoms with Crippen molar-refractivity contribution < 1.29 is 14.3 Å². The summed E-state index contributed by atoms with van der Waals surface area (Å²) in [5.41, 5.74) is 2.57. The predicted molar refractivity (Wildman–Crippen MR) is 108 cm³/mol. The van der Waals surface area contributed by atoms with E-state index < -0.39 is 5.97 Å². The van der Waals surface area contributed by atoms with Crippen molar-refractivity contribution in [1.29, 1.82) is 0 Å². The summed E-state index contributed by atoms with van der Waals surface area (Å²) < 4.78 is 5.14. The Bertz CT molecular complexity index is 951. The van der Waals surface area contributed by atoms with Crippen LogP contribution < -0.4 is 5.32 Å². The van der Waals surface area contributed by atoms with Gasteiger partial charge in [0, 0.05) is 17.7 Å². The number of esters is 1. The van der Waals surface area contributed by atoms with Crippen molar-refractivity contribution in [2.45, 2.75) is 6.92 Å². The molecule has 0 unspecified atom stereocenters. The number of rotatable bonds is 6. The lowest BCUT2D eigenvalue weighted by Crippen LogP contribution is -2.14. The molecule has 0 radical (unpaired) electrons. The second kappa shape index (κ2) is 8.91. The molecule has 0 saturated heterocycles. The monoisotopic (exact) mass is 378 g/mol. The lowest BCUT2D eigenvalue weighted by molar-refractivity contribution is -0.111. The van der Waals surface area contributed by atoms with Gasteiger partial charge in [-0.25, -0.2) is 9.78 Å². The number of ether oxygens (including phenoxy) is 1. The number of nitrogens with one attached hydrogen (secondary N) is 1. The van der Waals surface area contributed by atoms with Gasteiger partial charge in [-0.15, -0.1) is 11.3 Å². The molecule has 0 atom stereocenters. The smallest absolute Gasteiger partial charge is 0.340 e. The maximum Gasteiger partial charge on any atom is 0.340 e. The Labute approximate surface area is 161 Å². The van der Waals surface area contributed by atoms with E-state index >= 15 is 0 Å². The number of hydrogen-bond acceptors (Lipinski definition) is 5. The first kappa shape index (κ1) is 18.5. The fourth-order valence-electron chi connectivity index (χ4n) is 2.48. The summed E-state index contributed by atoms with van der Waals surface area (Å²) in [6, 6.07) is 15.0. The van der Waals surface area contributed by atoms with Gasteiger partial charge in [-0.3, -0.25) is 4.79 Å². The van der Waals surface area contributed by atoms with Crippen LogP contribution in [0.3, 0.4) is 0 Å². The van der Waals surface area contributed by atoms with Crippen LogP contribution in [-0.2, 0) is 9.53 Å². The minimum Gasteiger partial charge on any atom is -0.462 e. The zero-order valence-corrected chi connectivity index (χ0v) is 15.5. The Balaban J connectivity index is 1.87. The normalized spacial score (nSPS) is 10.7. The first-order valence-corrected chi connectivity index (χ1v) is 9.30. The van der Waals surface area contributed by atoms with Crippen LogP contribution in [0.15, 0.2) is 66.2 Å². The van der Waals surface area contributed by atoms with E-state index in [4.69, 9.17) is 4.74 Å². The van der Waals surface area contributed by atoms with E-state index in [0.717, 1.165) is 16.1 Å². The lowest BCUT2D eigenvalue weighted by Gasteiger charge is -2.12. The first-order valence-electron chi connectivity index (χ1n) is 8.42. The number of aromatic nitrogens is 1. The topological polar surface area (TPSA) is 68.3 Å². The van der Waals surface area contributed by atoms with Gasteiger partial charge in [-0.2, -0.15) is 0 Å². The van der Waals surface area contributed by atoms with Gasteiger partial charge in [0.05, 0.1) is 17.9 Å². The summed E-state index contributed by atoms with van der Waals surface area (Å²) in [6.07, 6.45) is 4.69. The molecule has 1 heterocycles. The van der Waals surface area contributed by atoms with Gasteiger partial charge >= 0.3 is 5.97 Å². The van der Waals surface area contributed by atoms with Crippen LogP contribution in [0.1, 0.15) is 22.3 Å². The fourth-order valence-corrected chi connectivity index (χ4v) is 3.01. The summed E-state index contributed by atoms with van der Waals surface area (Å²) in [7, 11) is 0. The molecule has 0 aliphatic heterocycles. The van der Waals surface area contributed by atoms with E-state index in [-0.39, 0.29) is 12.5 Å². The minimum atomic E-state index is -0.477. The average Bonchev–Trinajstić information content (AvgIpc) is 3.21. The minimum absolute atomic E-state index is 0.256. The highest BCUT2D eigenvalue weighted by Gasteiger charge is 2.15. The molecule has 1 aromatic heterocycles. The van der Waals surface area contributed by atoms with Crippen molar-refractivity contribution in [3.63, 3.8) is 0 Å². The summed E-state index contributed by atoms with van der Waals surface area (Å²) >= 11 is 1.43. The molecule has 0 spiro atoms. The predicted octanol–water partition coefficient (Wildman–Crippen LogP) is 4.64. The third-order valence-corrected chi connectivity index (χ3v) is 4.45. The van der Waals surface area contributed by atoms with Gasteiger partial charge in [0.15, 0.2) is 0 Å². The fraction of sp³-hybridized carbons (Fsp3) is 0.0952. The second-order valence-electron chi connectivity index (χ2n) is 5.54. The van der Waals surface area contributed by atoms with E-state index in [0.29, 0.717) is 11.3 Å². The molecule has 136 valence electrons. The Kier molecular flexibility index (Phi) is 6.12. The highest BCUT2D eigenvalue weighted by atomic mass is 32.1. The van der Waals surface area contributed by atoms with Crippen LogP contribution in [0, 0.1) is 0 Å². The van der Waals surface area contributed by atoms with Gasteiger partial charge in [0.25, 0.3) is 0 Å². The second-order valence-corrected chi connectivity index (χ2v) is 6.47. The molecule has 2 aromatic carbocycles. The number of nitrogens with zero attached hydrogens (tertiary/aromatic N) is 1. The highest BCUT2D eigenvalue weighted by molar-refractivity contribution is 7.10. The van der Waals surface area contributed by atoms with Crippen LogP contribution >= 0.6 is 11.3 Å². The van der Waals surface area contributed by atoms with E-state index in [9.17, 15) is 9.59 Å². The van der Waals surface area contributed by atoms with Crippen molar-refractivity contribution in [2.24, 2.45) is 0 Å². The maximum absolute atomic E-state index is 12.4. The molecule has 1 N–H and O–H groups in total. The Morgan fingerprint density at radius 2 is 1.96 bits per heavy atom. The van der Waals surface area contributed by atoms with Crippen molar-refractivity contribution in [2.75, 3.05) is 11.9 Å². The van der Waals surface area contributed by atoms with Gasteiger partial charge in [-0.05, 0) is 36.3 Å². The van der Waals surface area contributed by atoms with Crippen molar-refractivity contribution in [3.8, 4) is 11.1 Å². The Morgan fingerprint density at radius 1 is 1.15 bits per heavy atom. The van der Waals surface area contributed by atoms with E-state index in [1.54, 1.807) is 31.3 Å². The molecule has 1 amide bonds. The largest absolute Gasteiger partial charge is 0.462 e. The number of carbonyl (C=O) groups is 2. The van der Waals surface area contributed by atoms with Crippen molar-refractivity contribution in [3.05, 3.63) is 76.8 Å². The van der Waals surface area contributed by atoms with E-state index in [1.807, 2.05) is 41.8 Å². The third-order valence-electron chi connectivity index (χ3n) is 3.71. The molecular formula is C21H18N2O3S. The summed E-state index contributed by atoms with van der Waals surface area (Å²) in [5, 5.41) is 5.30. The summed E-state index contributed by atoms with van der Waals surface area (Å²) in [5.74, 6) is -0.822. The molecule has 0 aliphatic rings. The zero-order valence-electron chi connectivity index (χ0n) is 14.7. The van der Waals surface area contributed by atoms with Gasteiger partial charge in [0.2, 0.25) is 5.91 Å². The number of thiazole rings is 1. The van der Waals surface area contributed by atoms with Crippen LogP contribution in [0.4, 0.5) is 5.69 Å². The van der Waals surface area contributed by atoms with Gasteiger partial charge < -0.3 is 10.1 Å². The number of benzene rings is 2. The van der Waals surface area contributed by atoms with Gasteiger partial charge in [-0.1, -0.05) is 36.4 Å². The molecule has 3 rings (SSSR count). The van der Waals surface area contributed by atoms with Crippen LogP contribution in [-0.4, -0.2) is 23.5 Å². The Morgan fingerprint density at radius 3 is 2.67 bits per heavy atom. The van der Waals surface area contributed by atoms with Crippen molar-refractivity contribution in [1.82, 2.24) is 4.98 Å². The molecule has 0 saturated carbocycles. The molecule has 0 fully saturated rings. The molecule has 6 heteroatoms. The van der Waals surface area contributed by atoms with Crippen molar-refractivity contribution >= 4 is 35.0 Å². The molecule has 5 nitrogen and oxygen atoms in total. The van der Waals surface area contributed by atoms with E-state index in [2.05, 4.69) is 10.3 Å². The van der Waals surface area contributed by atoms with Crippen LogP contribution in [0.2, 0.25) is 0 Å². The Hall–Kier alpha value is -3.25. The highest BCUT2D eigenvalue weighted by Crippen LogP contribution is 2.26. The lowest BCUT2D eigenvalue weighted by atomic mass is 10.0. The average molecular weight is 378 g/mol. The van der Waals surface area contributed by atoms with E-state index in [1.165, 1.54) is 17.4 Å². The summed E-state index contributed by atoms with van der Waals surface area (Å²) in [4.78, 5) is 28.7. The molecule has 27 heavy (non-hydrogen) atoms. The maximum atomic E-state index is 12.4. The zero-order chi connectivity index (χ0) is 19.1.